The van der Waals surface area contributed by atoms with Crippen molar-refractivity contribution in [3.05, 3.63) is 63.7 Å². The lowest BCUT2D eigenvalue weighted by Gasteiger charge is -2.10. The van der Waals surface area contributed by atoms with Gasteiger partial charge in [-0.2, -0.15) is 0 Å². The molecule has 0 fully saturated rings. The van der Waals surface area contributed by atoms with Crippen molar-refractivity contribution >= 4 is 28.6 Å². The third-order valence-electron chi connectivity index (χ3n) is 2.98. The zero-order valence-electron chi connectivity index (χ0n) is 11.6. The molecule has 6 heteroatoms. The Labute approximate surface area is 127 Å². The molecule has 0 aliphatic carbocycles. The van der Waals surface area contributed by atoms with Crippen molar-refractivity contribution in [1.82, 2.24) is 0 Å². The maximum Gasteiger partial charge on any atom is 0.272 e. The fourth-order valence-corrected chi connectivity index (χ4v) is 2.15. The molecule has 0 aliphatic heterocycles. The van der Waals surface area contributed by atoms with Crippen LogP contribution in [0.1, 0.15) is 11.1 Å². The Kier molecular flexibility index (Phi) is 4.49. The molecule has 0 bridgehead atoms. The first-order chi connectivity index (χ1) is 10.0. The van der Waals surface area contributed by atoms with Crippen molar-refractivity contribution in [3.63, 3.8) is 0 Å². The summed E-state index contributed by atoms with van der Waals surface area (Å²) < 4.78 is 5.15. The number of nitro benzene ring substituents is 1. The number of rotatable bonds is 4. The Balaban J connectivity index is 2.20. The first-order valence-electron chi connectivity index (χ1n) is 6.21. The van der Waals surface area contributed by atoms with E-state index in [1.165, 1.54) is 6.07 Å². The van der Waals surface area contributed by atoms with Crippen LogP contribution in [0.4, 0.5) is 11.4 Å². The predicted molar refractivity (Wildman–Crippen MR) is 86.2 cm³/mol. The molecule has 0 spiro atoms. The van der Waals surface area contributed by atoms with Crippen molar-refractivity contribution in [2.45, 2.75) is 6.92 Å². The zero-order valence-corrected chi connectivity index (χ0v) is 12.4. The van der Waals surface area contributed by atoms with Crippen molar-refractivity contribution in [1.29, 1.82) is 0 Å². The van der Waals surface area contributed by atoms with Crippen molar-refractivity contribution in [2.75, 3.05) is 12.4 Å². The first-order valence-corrected chi connectivity index (χ1v) is 6.62. The van der Waals surface area contributed by atoms with Crippen LogP contribution in [0, 0.1) is 17.0 Å². The summed E-state index contributed by atoms with van der Waals surface area (Å²) in [6, 6.07) is 12.2. The van der Waals surface area contributed by atoms with E-state index in [9.17, 15) is 10.1 Å². The lowest BCUT2D eigenvalue weighted by atomic mass is 10.1. The van der Waals surface area contributed by atoms with Gasteiger partial charge in [-0.25, -0.2) is 0 Å². The topological polar surface area (TPSA) is 64.4 Å². The smallest absolute Gasteiger partial charge is 0.272 e. The van der Waals surface area contributed by atoms with Gasteiger partial charge < -0.3 is 10.1 Å². The minimum Gasteiger partial charge on any atom is -0.497 e. The van der Waals surface area contributed by atoms with E-state index in [4.69, 9.17) is 17.0 Å². The molecule has 2 rings (SSSR count). The van der Waals surface area contributed by atoms with E-state index in [1.54, 1.807) is 26.2 Å². The summed E-state index contributed by atoms with van der Waals surface area (Å²) in [5.41, 5.74) is 2.20. The van der Waals surface area contributed by atoms with Crippen LogP contribution < -0.4 is 10.1 Å². The minimum absolute atomic E-state index is 0.0860. The van der Waals surface area contributed by atoms with Gasteiger partial charge >= 0.3 is 0 Å². The van der Waals surface area contributed by atoms with E-state index in [0.29, 0.717) is 10.6 Å². The third-order valence-corrected chi connectivity index (χ3v) is 3.32. The molecular weight excluding hydrogens is 288 g/mol. The minimum atomic E-state index is -0.405. The molecule has 5 nitrogen and oxygen atoms in total. The second-order valence-corrected chi connectivity index (χ2v) is 4.85. The summed E-state index contributed by atoms with van der Waals surface area (Å²) in [6.07, 6.45) is 0. The molecule has 0 radical (unpaired) electrons. The number of thiocarbonyl (C=S) groups is 1. The Morgan fingerprint density at radius 2 is 2.05 bits per heavy atom. The van der Waals surface area contributed by atoms with Gasteiger partial charge in [0.15, 0.2) is 0 Å². The molecule has 108 valence electrons. The van der Waals surface area contributed by atoms with Crippen molar-refractivity contribution in [2.24, 2.45) is 0 Å². The van der Waals surface area contributed by atoms with Crippen molar-refractivity contribution < 1.29 is 9.66 Å². The molecule has 0 amide bonds. The zero-order chi connectivity index (χ0) is 15.4. The summed E-state index contributed by atoms with van der Waals surface area (Å²) in [4.78, 5) is 10.9. The molecule has 0 unspecified atom stereocenters. The van der Waals surface area contributed by atoms with E-state index >= 15 is 0 Å². The molecule has 2 aromatic carbocycles. The summed E-state index contributed by atoms with van der Waals surface area (Å²) in [5, 5.41) is 13.9. The number of anilines is 1. The Bertz CT molecular complexity index is 701. The fourth-order valence-electron chi connectivity index (χ4n) is 1.91. The highest BCUT2D eigenvalue weighted by atomic mass is 32.1. The number of nitrogens with one attached hydrogen (secondary N) is 1. The van der Waals surface area contributed by atoms with E-state index in [-0.39, 0.29) is 5.69 Å². The second kappa shape index (κ2) is 6.32. The van der Waals surface area contributed by atoms with Gasteiger partial charge in [-0.3, -0.25) is 10.1 Å². The van der Waals surface area contributed by atoms with E-state index < -0.39 is 4.92 Å². The average molecular weight is 302 g/mol. The van der Waals surface area contributed by atoms with Gasteiger partial charge in [-0.05, 0) is 31.2 Å². The Hall–Kier alpha value is -2.47. The molecular formula is C15H14N2O3S. The average Bonchev–Trinajstić information content (AvgIpc) is 2.46. The van der Waals surface area contributed by atoms with E-state index in [0.717, 1.165) is 17.0 Å². The predicted octanol–water partition coefficient (Wildman–Crippen LogP) is 3.70. The molecule has 0 saturated heterocycles. The molecule has 0 atom stereocenters. The van der Waals surface area contributed by atoms with Crippen LogP contribution >= 0.6 is 12.2 Å². The highest BCUT2D eigenvalue weighted by molar-refractivity contribution is 7.81. The number of nitrogens with zero attached hydrogens (tertiary/aromatic N) is 1. The van der Waals surface area contributed by atoms with Crippen molar-refractivity contribution in [3.8, 4) is 5.75 Å². The van der Waals surface area contributed by atoms with Gasteiger partial charge in [0, 0.05) is 28.9 Å². The quantitative estimate of drug-likeness (QED) is 0.530. The maximum atomic E-state index is 10.8. The number of ether oxygens (including phenoxy) is 1. The maximum absolute atomic E-state index is 10.8. The Morgan fingerprint density at radius 1 is 1.29 bits per heavy atom. The summed E-state index contributed by atoms with van der Waals surface area (Å²) in [7, 11) is 1.59. The van der Waals surface area contributed by atoms with Crippen LogP contribution in [0.3, 0.4) is 0 Å². The second-order valence-electron chi connectivity index (χ2n) is 4.44. The van der Waals surface area contributed by atoms with Gasteiger partial charge in [0.05, 0.1) is 12.0 Å². The molecule has 0 aromatic heterocycles. The molecule has 1 N–H and O–H groups in total. The van der Waals surface area contributed by atoms with Crippen LogP contribution in [0.2, 0.25) is 0 Å². The SMILES string of the molecule is COc1cccc(NC(=S)c2ccc([N+](=O)[O-])c(C)c2)c1. The summed E-state index contributed by atoms with van der Waals surface area (Å²) >= 11 is 5.33. The molecule has 0 saturated carbocycles. The van der Waals surface area contributed by atoms with Gasteiger partial charge in [0.25, 0.3) is 5.69 Å². The number of aryl methyl sites for hydroxylation is 1. The van der Waals surface area contributed by atoms with Crippen LogP contribution in [0.25, 0.3) is 0 Å². The van der Waals surface area contributed by atoms with Crippen LogP contribution in [0.15, 0.2) is 42.5 Å². The largest absolute Gasteiger partial charge is 0.497 e. The van der Waals surface area contributed by atoms with E-state index in [2.05, 4.69) is 5.32 Å². The fraction of sp³-hybridized carbons (Fsp3) is 0.133. The lowest BCUT2D eigenvalue weighted by Crippen LogP contribution is -2.11. The number of nitro groups is 1. The standard InChI is InChI=1S/C15H14N2O3S/c1-10-8-11(6-7-14(10)17(18)19)15(21)16-12-4-3-5-13(9-12)20-2/h3-9H,1-2H3,(H,16,21). The monoisotopic (exact) mass is 302 g/mol. The molecule has 0 aliphatic rings. The number of methoxy groups -OCH3 is 1. The number of hydrogen-bond donors (Lipinski definition) is 1. The summed E-state index contributed by atoms with van der Waals surface area (Å²) in [6.45, 7) is 1.69. The molecule has 21 heavy (non-hydrogen) atoms. The molecule has 0 heterocycles. The van der Waals surface area contributed by atoms with Gasteiger partial charge in [-0.1, -0.05) is 18.3 Å². The highest BCUT2D eigenvalue weighted by Crippen LogP contribution is 2.21. The highest BCUT2D eigenvalue weighted by Gasteiger charge is 2.12. The summed E-state index contributed by atoms with van der Waals surface area (Å²) in [5.74, 6) is 0.725. The molecule has 2 aromatic rings. The van der Waals surface area contributed by atoms with Gasteiger partial charge in [0.2, 0.25) is 0 Å². The van der Waals surface area contributed by atoms with Crippen LogP contribution in [-0.4, -0.2) is 17.0 Å². The van der Waals surface area contributed by atoms with E-state index in [1.807, 2.05) is 24.3 Å². The van der Waals surface area contributed by atoms with Gasteiger partial charge in [-0.15, -0.1) is 0 Å². The van der Waals surface area contributed by atoms with Crippen LogP contribution in [0.5, 0.6) is 5.75 Å². The van der Waals surface area contributed by atoms with Crippen LogP contribution in [-0.2, 0) is 0 Å². The lowest BCUT2D eigenvalue weighted by molar-refractivity contribution is -0.385. The first kappa shape index (κ1) is 14.9. The van der Waals surface area contributed by atoms with Gasteiger partial charge in [0.1, 0.15) is 10.7 Å². The normalized spacial score (nSPS) is 10.0. The number of benzene rings is 2. The third kappa shape index (κ3) is 3.55. The Morgan fingerprint density at radius 3 is 2.67 bits per heavy atom. The number of hydrogen-bond acceptors (Lipinski definition) is 4.